The molecule has 7 nitrogen and oxygen atoms in total. The quantitative estimate of drug-likeness (QED) is 0.778. The van der Waals surface area contributed by atoms with Gasteiger partial charge in [-0.05, 0) is 18.1 Å². The molecule has 120 valence electrons. The fourth-order valence-corrected chi connectivity index (χ4v) is 2.38. The van der Waals surface area contributed by atoms with E-state index >= 15 is 0 Å². The topological polar surface area (TPSA) is 77.0 Å². The zero-order valence-corrected chi connectivity index (χ0v) is 12.8. The molecule has 1 aromatic heterocycles. The van der Waals surface area contributed by atoms with Crippen LogP contribution in [0.2, 0.25) is 0 Å². The molecule has 1 N–H and O–H groups in total. The Bertz CT molecular complexity index is 509. The van der Waals surface area contributed by atoms with E-state index in [4.69, 9.17) is 5.11 Å². The predicted molar refractivity (Wildman–Crippen MR) is 81.0 cm³/mol. The standard InChI is InChI=1S/C15H22N4O3/c1-17-7-8-19(15(17)22)12-14(21)18(6-3-9-20)11-13-4-2-5-16-10-13/h2,4-5,10,20H,3,6-9,11-12H2,1H3. The van der Waals surface area contributed by atoms with Gasteiger partial charge in [-0.1, -0.05) is 6.07 Å². The number of aromatic nitrogens is 1. The lowest BCUT2D eigenvalue weighted by Crippen LogP contribution is -2.42. The van der Waals surface area contributed by atoms with Crippen molar-refractivity contribution in [3.63, 3.8) is 0 Å². The van der Waals surface area contributed by atoms with Gasteiger partial charge < -0.3 is 19.8 Å². The first-order valence-corrected chi connectivity index (χ1v) is 7.39. The summed E-state index contributed by atoms with van der Waals surface area (Å²) in [7, 11) is 1.73. The van der Waals surface area contributed by atoms with Crippen LogP contribution >= 0.6 is 0 Å². The van der Waals surface area contributed by atoms with Gasteiger partial charge in [0.05, 0.1) is 0 Å². The molecule has 1 aliphatic heterocycles. The second-order valence-corrected chi connectivity index (χ2v) is 5.38. The van der Waals surface area contributed by atoms with E-state index in [1.54, 1.807) is 34.1 Å². The first-order valence-electron chi connectivity index (χ1n) is 7.39. The van der Waals surface area contributed by atoms with Crippen LogP contribution in [0.25, 0.3) is 0 Å². The van der Waals surface area contributed by atoms with Crippen molar-refractivity contribution in [2.45, 2.75) is 13.0 Å². The molecular formula is C15H22N4O3. The highest BCUT2D eigenvalue weighted by atomic mass is 16.3. The lowest BCUT2D eigenvalue weighted by molar-refractivity contribution is -0.132. The van der Waals surface area contributed by atoms with Crippen LogP contribution in [0.4, 0.5) is 4.79 Å². The van der Waals surface area contributed by atoms with Gasteiger partial charge in [0, 0.05) is 52.2 Å². The molecule has 0 bridgehead atoms. The Balaban J connectivity index is 1.98. The van der Waals surface area contributed by atoms with E-state index in [9.17, 15) is 9.59 Å². The number of carbonyl (C=O) groups is 2. The van der Waals surface area contributed by atoms with Gasteiger partial charge in [0.15, 0.2) is 0 Å². The molecule has 22 heavy (non-hydrogen) atoms. The van der Waals surface area contributed by atoms with E-state index in [-0.39, 0.29) is 25.1 Å². The number of pyridine rings is 1. The van der Waals surface area contributed by atoms with Gasteiger partial charge in [0.25, 0.3) is 0 Å². The number of aliphatic hydroxyl groups is 1. The zero-order valence-electron chi connectivity index (χ0n) is 12.8. The number of hydrogen-bond acceptors (Lipinski definition) is 4. The lowest BCUT2D eigenvalue weighted by Gasteiger charge is -2.25. The van der Waals surface area contributed by atoms with Crippen LogP contribution in [-0.2, 0) is 11.3 Å². The second kappa shape index (κ2) is 7.74. The van der Waals surface area contributed by atoms with Crippen molar-refractivity contribution in [1.82, 2.24) is 19.7 Å². The summed E-state index contributed by atoms with van der Waals surface area (Å²) in [5.41, 5.74) is 0.929. The van der Waals surface area contributed by atoms with Gasteiger partial charge in [0.1, 0.15) is 6.54 Å². The summed E-state index contributed by atoms with van der Waals surface area (Å²) in [6.45, 7) is 2.22. The molecule has 7 heteroatoms. The molecule has 2 rings (SSSR count). The van der Waals surface area contributed by atoms with Crippen molar-refractivity contribution in [1.29, 1.82) is 0 Å². The van der Waals surface area contributed by atoms with Crippen LogP contribution in [0.1, 0.15) is 12.0 Å². The molecule has 1 aliphatic rings. The maximum absolute atomic E-state index is 12.5. The third kappa shape index (κ3) is 4.17. The molecule has 2 heterocycles. The molecule has 0 atom stereocenters. The number of urea groups is 1. The van der Waals surface area contributed by atoms with Crippen molar-refractivity contribution in [3.05, 3.63) is 30.1 Å². The van der Waals surface area contributed by atoms with Gasteiger partial charge in [-0.2, -0.15) is 0 Å². The van der Waals surface area contributed by atoms with Crippen molar-refractivity contribution in [2.24, 2.45) is 0 Å². The number of likely N-dealkylation sites (N-methyl/N-ethyl adjacent to an activating group) is 1. The van der Waals surface area contributed by atoms with Gasteiger partial charge >= 0.3 is 6.03 Å². The molecule has 0 aliphatic carbocycles. The maximum Gasteiger partial charge on any atom is 0.320 e. The smallest absolute Gasteiger partial charge is 0.320 e. The summed E-state index contributed by atoms with van der Waals surface area (Å²) in [6.07, 6.45) is 3.91. The molecule has 1 saturated heterocycles. The van der Waals surface area contributed by atoms with E-state index in [1.807, 2.05) is 12.1 Å². The Morgan fingerprint density at radius 1 is 1.45 bits per heavy atom. The molecule has 0 spiro atoms. The molecule has 3 amide bonds. The van der Waals surface area contributed by atoms with E-state index in [0.29, 0.717) is 32.6 Å². The number of hydrogen-bond donors (Lipinski definition) is 1. The fourth-order valence-electron chi connectivity index (χ4n) is 2.38. The third-order valence-electron chi connectivity index (χ3n) is 3.66. The van der Waals surface area contributed by atoms with Crippen molar-refractivity contribution >= 4 is 11.9 Å². The zero-order chi connectivity index (χ0) is 15.9. The number of rotatable bonds is 7. The van der Waals surface area contributed by atoms with Crippen molar-refractivity contribution < 1.29 is 14.7 Å². The first-order chi connectivity index (χ1) is 10.6. The summed E-state index contributed by atoms with van der Waals surface area (Å²) in [4.78, 5) is 33.2. The van der Waals surface area contributed by atoms with Gasteiger partial charge in [-0.25, -0.2) is 4.79 Å². The molecule has 0 unspecified atom stereocenters. The Morgan fingerprint density at radius 2 is 2.27 bits per heavy atom. The second-order valence-electron chi connectivity index (χ2n) is 5.38. The summed E-state index contributed by atoms with van der Waals surface area (Å²) in [5.74, 6) is -0.110. The highest BCUT2D eigenvalue weighted by Crippen LogP contribution is 2.09. The van der Waals surface area contributed by atoms with E-state index in [2.05, 4.69) is 4.98 Å². The van der Waals surface area contributed by atoms with Crippen molar-refractivity contribution in [3.8, 4) is 0 Å². The molecule has 0 radical (unpaired) electrons. The van der Waals surface area contributed by atoms with Gasteiger partial charge in [-0.15, -0.1) is 0 Å². The third-order valence-corrected chi connectivity index (χ3v) is 3.66. The Hall–Kier alpha value is -2.15. The van der Waals surface area contributed by atoms with Crippen LogP contribution in [-0.4, -0.2) is 76.6 Å². The predicted octanol–water partition coefficient (Wildman–Crippen LogP) is 0.160. The first kappa shape index (κ1) is 16.2. The number of amides is 3. The van der Waals surface area contributed by atoms with Crippen LogP contribution < -0.4 is 0 Å². The van der Waals surface area contributed by atoms with Gasteiger partial charge in [0.2, 0.25) is 5.91 Å². The molecule has 0 saturated carbocycles. The van der Waals surface area contributed by atoms with E-state index < -0.39 is 0 Å². The Morgan fingerprint density at radius 3 is 2.86 bits per heavy atom. The highest BCUT2D eigenvalue weighted by molar-refractivity contribution is 5.85. The largest absolute Gasteiger partial charge is 0.396 e. The normalized spacial score (nSPS) is 14.5. The molecular weight excluding hydrogens is 284 g/mol. The monoisotopic (exact) mass is 306 g/mol. The summed E-state index contributed by atoms with van der Waals surface area (Å²) in [5, 5.41) is 9.00. The summed E-state index contributed by atoms with van der Waals surface area (Å²) >= 11 is 0. The van der Waals surface area contributed by atoms with Crippen LogP contribution in [0.5, 0.6) is 0 Å². The highest BCUT2D eigenvalue weighted by Gasteiger charge is 2.28. The van der Waals surface area contributed by atoms with Crippen LogP contribution in [0.15, 0.2) is 24.5 Å². The van der Waals surface area contributed by atoms with Gasteiger partial charge in [-0.3, -0.25) is 9.78 Å². The molecule has 1 aromatic rings. The minimum Gasteiger partial charge on any atom is -0.396 e. The minimum atomic E-state index is -0.114. The number of aliphatic hydroxyl groups excluding tert-OH is 1. The van der Waals surface area contributed by atoms with Crippen LogP contribution in [0, 0.1) is 0 Å². The summed E-state index contributed by atoms with van der Waals surface area (Å²) in [6, 6.07) is 3.61. The number of nitrogens with zero attached hydrogens (tertiary/aromatic N) is 4. The average Bonchev–Trinajstić information content (AvgIpc) is 2.84. The maximum atomic E-state index is 12.5. The SMILES string of the molecule is CN1CCN(CC(=O)N(CCCO)Cc2cccnc2)C1=O. The fraction of sp³-hybridized carbons (Fsp3) is 0.533. The molecule has 0 aromatic carbocycles. The lowest BCUT2D eigenvalue weighted by atomic mass is 10.2. The Kier molecular flexibility index (Phi) is 5.71. The molecule has 1 fully saturated rings. The van der Waals surface area contributed by atoms with E-state index in [1.165, 1.54) is 0 Å². The number of carbonyl (C=O) groups excluding carboxylic acids is 2. The van der Waals surface area contributed by atoms with Crippen LogP contribution in [0.3, 0.4) is 0 Å². The van der Waals surface area contributed by atoms with E-state index in [0.717, 1.165) is 5.56 Å². The average molecular weight is 306 g/mol. The van der Waals surface area contributed by atoms with Crippen molar-refractivity contribution in [2.75, 3.05) is 39.8 Å². The summed E-state index contributed by atoms with van der Waals surface area (Å²) < 4.78 is 0. The minimum absolute atomic E-state index is 0.0300. The Labute approximate surface area is 130 Å².